The second kappa shape index (κ2) is 5.38. The molecule has 1 aromatic rings. The van der Waals surface area contributed by atoms with E-state index in [2.05, 4.69) is 0 Å². The monoisotopic (exact) mass is 303 g/mol. The molecule has 0 saturated heterocycles. The van der Waals surface area contributed by atoms with E-state index in [0.717, 1.165) is 12.1 Å². The average molecular weight is 304 g/mol. The van der Waals surface area contributed by atoms with Crippen LogP contribution < -0.4 is 5.73 Å². The number of carbonyl (C=O) groups excluding carboxylic acids is 1. The van der Waals surface area contributed by atoms with Crippen LogP contribution in [0, 0.1) is 5.82 Å². The van der Waals surface area contributed by atoms with Crippen molar-refractivity contribution in [2.75, 3.05) is 0 Å². The van der Waals surface area contributed by atoms with Crippen molar-refractivity contribution in [3.05, 3.63) is 34.6 Å². The standard InChI is InChI=1S/C13H15ClFNO4/c1-12(2,3)20-11(19)13(16,10(17)18)8-5-4-7(14)6-9(8)15/h4-6H,16H2,1-3H3,(H,17,18). The molecule has 0 fully saturated rings. The summed E-state index contributed by atoms with van der Waals surface area (Å²) in [5.74, 6) is -3.96. The van der Waals surface area contributed by atoms with Gasteiger partial charge in [0, 0.05) is 10.6 Å². The van der Waals surface area contributed by atoms with E-state index in [1.165, 1.54) is 6.07 Å². The third-order valence-electron chi connectivity index (χ3n) is 2.41. The van der Waals surface area contributed by atoms with Gasteiger partial charge in [-0.15, -0.1) is 0 Å². The first kappa shape index (κ1) is 16.4. The Bertz CT molecular complexity index is 556. The van der Waals surface area contributed by atoms with Crippen LogP contribution in [0.4, 0.5) is 4.39 Å². The highest BCUT2D eigenvalue weighted by Crippen LogP contribution is 2.27. The lowest BCUT2D eigenvalue weighted by Crippen LogP contribution is -2.54. The van der Waals surface area contributed by atoms with Gasteiger partial charge in [-0.05, 0) is 32.9 Å². The highest BCUT2D eigenvalue weighted by atomic mass is 35.5. The topological polar surface area (TPSA) is 89.6 Å². The Labute approximate surface area is 120 Å². The number of hydrogen-bond donors (Lipinski definition) is 2. The lowest BCUT2D eigenvalue weighted by Gasteiger charge is -2.28. The van der Waals surface area contributed by atoms with Gasteiger partial charge in [-0.1, -0.05) is 17.7 Å². The molecule has 1 rings (SSSR count). The molecule has 0 heterocycles. The number of halogens is 2. The fourth-order valence-electron chi connectivity index (χ4n) is 1.48. The number of carbonyl (C=O) groups is 2. The maximum Gasteiger partial charge on any atom is 0.343 e. The van der Waals surface area contributed by atoms with Crippen molar-refractivity contribution < 1.29 is 23.8 Å². The molecule has 5 nitrogen and oxygen atoms in total. The van der Waals surface area contributed by atoms with Crippen molar-refractivity contribution in [3.63, 3.8) is 0 Å². The average Bonchev–Trinajstić information content (AvgIpc) is 2.25. The molecule has 0 aromatic heterocycles. The van der Waals surface area contributed by atoms with Crippen molar-refractivity contribution >= 4 is 23.5 Å². The first-order chi connectivity index (χ1) is 8.98. The van der Waals surface area contributed by atoms with E-state index in [1.54, 1.807) is 20.8 Å². The fourth-order valence-corrected chi connectivity index (χ4v) is 1.64. The fraction of sp³-hybridized carbons (Fsp3) is 0.385. The quantitative estimate of drug-likeness (QED) is 0.659. The van der Waals surface area contributed by atoms with Crippen LogP contribution in [0.15, 0.2) is 18.2 Å². The molecular weight excluding hydrogens is 289 g/mol. The number of ether oxygens (including phenoxy) is 1. The van der Waals surface area contributed by atoms with Gasteiger partial charge >= 0.3 is 11.9 Å². The molecule has 1 aromatic carbocycles. The second-order valence-corrected chi connectivity index (χ2v) is 5.68. The first-order valence-corrected chi connectivity index (χ1v) is 6.07. The molecule has 0 aliphatic rings. The van der Waals surface area contributed by atoms with Gasteiger partial charge < -0.3 is 15.6 Å². The predicted molar refractivity (Wildman–Crippen MR) is 70.8 cm³/mol. The number of esters is 1. The number of carboxylic acid groups (broad SMARTS) is 1. The molecular formula is C13H15ClFNO4. The Morgan fingerprint density at radius 1 is 1.35 bits per heavy atom. The summed E-state index contributed by atoms with van der Waals surface area (Å²) in [6.07, 6.45) is 0. The molecule has 0 spiro atoms. The Morgan fingerprint density at radius 3 is 2.30 bits per heavy atom. The zero-order valence-corrected chi connectivity index (χ0v) is 12.0. The summed E-state index contributed by atoms with van der Waals surface area (Å²) in [5, 5.41) is 9.28. The third kappa shape index (κ3) is 3.26. The summed E-state index contributed by atoms with van der Waals surface area (Å²) < 4.78 is 18.8. The van der Waals surface area contributed by atoms with Gasteiger partial charge in [0.2, 0.25) is 5.54 Å². The van der Waals surface area contributed by atoms with Gasteiger partial charge in [0.1, 0.15) is 11.4 Å². The van der Waals surface area contributed by atoms with Crippen LogP contribution in [0.25, 0.3) is 0 Å². The van der Waals surface area contributed by atoms with Crippen molar-refractivity contribution in [2.45, 2.75) is 31.9 Å². The highest BCUT2D eigenvalue weighted by molar-refractivity contribution is 6.30. The number of benzene rings is 1. The number of carboxylic acids is 1. The number of nitrogens with two attached hydrogens (primary N) is 1. The molecule has 0 saturated carbocycles. The lowest BCUT2D eigenvalue weighted by atomic mass is 9.90. The Morgan fingerprint density at radius 2 is 1.90 bits per heavy atom. The van der Waals surface area contributed by atoms with Crippen molar-refractivity contribution in [3.8, 4) is 0 Å². The smallest absolute Gasteiger partial charge is 0.343 e. The maximum atomic E-state index is 13.9. The summed E-state index contributed by atoms with van der Waals surface area (Å²) in [7, 11) is 0. The maximum absolute atomic E-state index is 13.9. The van der Waals surface area contributed by atoms with Crippen LogP contribution in [0.1, 0.15) is 26.3 Å². The van der Waals surface area contributed by atoms with Gasteiger partial charge in [-0.3, -0.25) is 0 Å². The minimum atomic E-state index is -2.64. The molecule has 1 atom stereocenters. The zero-order valence-electron chi connectivity index (χ0n) is 11.2. The van der Waals surface area contributed by atoms with E-state index in [9.17, 15) is 19.1 Å². The Kier molecular flexibility index (Phi) is 4.41. The van der Waals surface area contributed by atoms with Crippen LogP contribution in [0.5, 0.6) is 0 Å². The lowest BCUT2D eigenvalue weighted by molar-refractivity contribution is -0.169. The van der Waals surface area contributed by atoms with E-state index in [-0.39, 0.29) is 5.02 Å². The highest BCUT2D eigenvalue weighted by Gasteiger charge is 2.49. The predicted octanol–water partition coefficient (Wildman–Crippen LogP) is 2.06. The van der Waals surface area contributed by atoms with E-state index < -0.39 is 34.5 Å². The van der Waals surface area contributed by atoms with Crippen LogP contribution in [-0.2, 0) is 19.9 Å². The van der Waals surface area contributed by atoms with Crippen LogP contribution in [0.3, 0.4) is 0 Å². The summed E-state index contributed by atoms with van der Waals surface area (Å²) in [6.45, 7) is 4.64. The summed E-state index contributed by atoms with van der Waals surface area (Å²) in [5.41, 5.74) is 1.50. The largest absolute Gasteiger partial charge is 0.479 e. The van der Waals surface area contributed by atoms with Crippen molar-refractivity contribution in [2.24, 2.45) is 5.73 Å². The summed E-state index contributed by atoms with van der Waals surface area (Å²) in [4.78, 5) is 23.4. The van der Waals surface area contributed by atoms with Crippen LogP contribution >= 0.6 is 11.6 Å². The van der Waals surface area contributed by atoms with E-state index in [4.69, 9.17) is 22.1 Å². The number of aliphatic carboxylic acids is 1. The minimum Gasteiger partial charge on any atom is -0.479 e. The zero-order chi connectivity index (χ0) is 15.7. The van der Waals surface area contributed by atoms with Gasteiger partial charge in [-0.25, -0.2) is 14.0 Å². The Hall–Kier alpha value is -1.66. The van der Waals surface area contributed by atoms with Crippen LogP contribution in [0.2, 0.25) is 5.02 Å². The first-order valence-electron chi connectivity index (χ1n) is 5.69. The van der Waals surface area contributed by atoms with Gasteiger partial charge in [0.05, 0.1) is 0 Å². The molecule has 0 radical (unpaired) electrons. The molecule has 0 aliphatic carbocycles. The molecule has 1 unspecified atom stereocenters. The normalized spacial score (nSPS) is 14.5. The molecule has 0 bridgehead atoms. The molecule has 20 heavy (non-hydrogen) atoms. The second-order valence-electron chi connectivity index (χ2n) is 5.24. The summed E-state index contributed by atoms with van der Waals surface area (Å²) in [6, 6.07) is 3.18. The van der Waals surface area contributed by atoms with Gasteiger partial charge in [0.25, 0.3) is 0 Å². The van der Waals surface area contributed by atoms with E-state index in [1.807, 2.05) is 0 Å². The molecule has 3 N–H and O–H groups in total. The molecule has 0 aliphatic heterocycles. The molecule has 110 valence electrons. The van der Waals surface area contributed by atoms with Crippen LogP contribution in [-0.4, -0.2) is 22.6 Å². The molecule has 0 amide bonds. The van der Waals surface area contributed by atoms with Crippen molar-refractivity contribution in [1.82, 2.24) is 0 Å². The third-order valence-corrected chi connectivity index (χ3v) is 2.65. The van der Waals surface area contributed by atoms with Gasteiger partial charge in [-0.2, -0.15) is 0 Å². The van der Waals surface area contributed by atoms with E-state index >= 15 is 0 Å². The SMILES string of the molecule is CC(C)(C)OC(=O)C(N)(C(=O)O)c1ccc(Cl)cc1F. The molecule has 7 heteroatoms. The Balaban J connectivity index is 3.35. The van der Waals surface area contributed by atoms with E-state index in [0.29, 0.717) is 0 Å². The van der Waals surface area contributed by atoms with Gasteiger partial charge in [0.15, 0.2) is 0 Å². The van der Waals surface area contributed by atoms with Crippen molar-refractivity contribution in [1.29, 1.82) is 0 Å². The minimum absolute atomic E-state index is 0.0585. The number of rotatable bonds is 3. The summed E-state index contributed by atoms with van der Waals surface area (Å²) >= 11 is 5.59. The number of hydrogen-bond acceptors (Lipinski definition) is 4.